The van der Waals surface area contributed by atoms with Crippen LogP contribution in [0.3, 0.4) is 0 Å². The van der Waals surface area contributed by atoms with Crippen LogP contribution in [0.2, 0.25) is 5.02 Å². The van der Waals surface area contributed by atoms with Crippen molar-refractivity contribution >= 4 is 34.0 Å². The molecular formula is C23H17ClF2N4O3S. The Morgan fingerprint density at radius 1 is 1.09 bits per heavy atom. The Kier molecular flexibility index (Phi) is 6.99. The summed E-state index contributed by atoms with van der Waals surface area (Å²) in [4.78, 5) is 17.0. The van der Waals surface area contributed by atoms with Gasteiger partial charge in [-0.25, -0.2) is 0 Å². The smallest absolute Gasteiger partial charge is 0.394 e. The molecule has 34 heavy (non-hydrogen) atoms. The van der Waals surface area contributed by atoms with Gasteiger partial charge in [0.2, 0.25) is 5.13 Å². The molecule has 11 heteroatoms. The molecule has 2 heterocycles. The SMILES string of the molecule is CC(F)(F)Oc1ccccc1-c1ccncc1C(=O)Nc1nnc(OCc2ccc(Cl)cc2)s1. The molecule has 1 amide bonds. The van der Waals surface area contributed by atoms with E-state index in [1.165, 1.54) is 18.5 Å². The summed E-state index contributed by atoms with van der Waals surface area (Å²) in [6.07, 6.45) is -0.592. The first-order valence-electron chi connectivity index (χ1n) is 9.91. The summed E-state index contributed by atoms with van der Waals surface area (Å²) in [7, 11) is 0. The van der Waals surface area contributed by atoms with Crippen LogP contribution in [0.4, 0.5) is 13.9 Å². The lowest BCUT2D eigenvalue weighted by Gasteiger charge is -2.17. The van der Waals surface area contributed by atoms with E-state index in [0.717, 1.165) is 16.9 Å². The number of alkyl halides is 2. The molecule has 0 aliphatic rings. The number of halogens is 3. The van der Waals surface area contributed by atoms with Crippen LogP contribution in [0, 0.1) is 0 Å². The molecule has 0 spiro atoms. The van der Waals surface area contributed by atoms with Gasteiger partial charge in [-0.05, 0) is 41.2 Å². The quantitative estimate of drug-likeness (QED) is 0.314. The molecule has 0 saturated heterocycles. The number of nitrogens with one attached hydrogen (secondary N) is 1. The van der Waals surface area contributed by atoms with Gasteiger partial charge in [0.25, 0.3) is 11.1 Å². The Morgan fingerprint density at radius 3 is 2.62 bits per heavy atom. The molecule has 0 radical (unpaired) electrons. The predicted octanol–water partition coefficient (Wildman–Crippen LogP) is 6.08. The number of pyridine rings is 1. The van der Waals surface area contributed by atoms with Crippen molar-refractivity contribution in [1.29, 1.82) is 0 Å². The molecule has 0 saturated carbocycles. The van der Waals surface area contributed by atoms with Gasteiger partial charge in [-0.2, -0.15) is 8.78 Å². The van der Waals surface area contributed by atoms with Gasteiger partial charge in [0.1, 0.15) is 12.4 Å². The first-order chi connectivity index (χ1) is 16.3. The third-order valence-electron chi connectivity index (χ3n) is 4.43. The van der Waals surface area contributed by atoms with E-state index in [-0.39, 0.29) is 28.2 Å². The van der Waals surface area contributed by atoms with Crippen LogP contribution < -0.4 is 14.8 Å². The maximum absolute atomic E-state index is 13.5. The molecule has 174 valence electrons. The van der Waals surface area contributed by atoms with Crippen molar-refractivity contribution in [3.63, 3.8) is 0 Å². The number of para-hydroxylation sites is 1. The molecule has 4 aromatic rings. The molecule has 0 atom stereocenters. The molecule has 7 nitrogen and oxygen atoms in total. The number of rotatable bonds is 8. The van der Waals surface area contributed by atoms with Gasteiger partial charge in [-0.1, -0.05) is 47.0 Å². The van der Waals surface area contributed by atoms with E-state index in [9.17, 15) is 13.6 Å². The number of amides is 1. The van der Waals surface area contributed by atoms with E-state index in [2.05, 4.69) is 20.5 Å². The van der Waals surface area contributed by atoms with Crippen LogP contribution >= 0.6 is 22.9 Å². The van der Waals surface area contributed by atoms with E-state index in [1.807, 2.05) is 12.1 Å². The number of anilines is 1. The summed E-state index contributed by atoms with van der Waals surface area (Å²) >= 11 is 6.92. The summed E-state index contributed by atoms with van der Waals surface area (Å²) in [6, 6.07) is 14.9. The molecule has 4 rings (SSSR count). The van der Waals surface area contributed by atoms with Gasteiger partial charge in [0.05, 0.1) is 5.56 Å². The molecule has 0 fully saturated rings. The van der Waals surface area contributed by atoms with Crippen LogP contribution in [0.25, 0.3) is 11.1 Å². The van der Waals surface area contributed by atoms with E-state index in [4.69, 9.17) is 21.1 Å². The van der Waals surface area contributed by atoms with Crippen molar-refractivity contribution in [2.45, 2.75) is 19.6 Å². The van der Waals surface area contributed by atoms with Crippen molar-refractivity contribution in [3.05, 3.63) is 83.1 Å². The average Bonchev–Trinajstić information content (AvgIpc) is 3.25. The van der Waals surface area contributed by atoms with E-state index in [0.29, 0.717) is 23.1 Å². The summed E-state index contributed by atoms with van der Waals surface area (Å²) < 4.78 is 37.4. The highest BCUT2D eigenvalue weighted by Gasteiger charge is 2.26. The summed E-state index contributed by atoms with van der Waals surface area (Å²) in [6.45, 7) is 0.900. The van der Waals surface area contributed by atoms with Crippen LogP contribution in [-0.2, 0) is 6.61 Å². The van der Waals surface area contributed by atoms with E-state index in [1.54, 1.807) is 36.4 Å². The Bertz CT molecular complexity index is 1300. The van der Waals surface area contributed by atoms with Crippen molar-refractivity contribution < 1.29 is 23.0 Å². The minimum atomic E-state index is -3.39. The number of carbonyl (C=O) groups excluding carboxylic acids is 1. The zero-order chi connectivity index (χ0) is 24.1. The van der Waals surface area contributed by atoms with Gasteiger partial charge in [0, 0.05) is 35.5 Å². The fourth-order valence-corrected chi connectivity index (χ4v) is 3.71. The minimum absolute atomic E-state index is 0.0657. The molecule has 0 bridgehead atoms. The Morgan fingerprint density at radius 2 is 1.85 bits per heavy atom. The molecule has 1 N–H and O–H groups in total. The van der Waals surface area contributed by atoms with Gasteiger partial charge in [-0.3, -0.25) is 15.1 Å². The second-order valence-electron chi connectivity index (χ2n) is 7.07. The normalized spacial score (nSPS) is 11.2. The first-order valence-corrected chi connectivity index (χ1v) is 11.1. The lowest BCUT2D eigenvalue weighted by atomic mass is 10.0. The highest BCUT2D eigenvalue weighted by molar-refractivity contribution is 7.17. The monoisotopic (exact) mass is 502 g/mol. The number of hydrogen-bond acceptors (Lipinski definition) is 7. The summed E-state index contributed by atoms with van der Waals surface area (Å²) in [5, 5.41) is 11.6. The number of ether oxygens (including phenoxy) is 2. The Balaban J connectivity index is 1.50. The third kappa shape index (κ3) is 6.03. The number of carbonyl (C=O) groups is 1. The van der Waals surface area contributed by atoms with E-state index >= 15 is 0 Å². The van der Waals surface area contributed by atoms with E-state index < -0.39 is 12.0 Å². The van der Waals surface area contributed by atoms with Crippen LogP contribution in [0.15, 0.2) is 67.0 Å². The number of nitrogens with zero attached hydrogens (tertiary/aromatic N) is 3. The van der Waals surface area contributed by atoms with Crippen molar-refractivity contribution in [2.75, 3.05) is 5.32 Å². The highest BCUT2D eigenvalue weighted by Crippen LogP contribution is 2.35. The van der Waals surface area contributed by atoms with Gasteiger partial charge in [0.15, 0.2) is 0 Å². The maximum atomic E-state index is 13.5. The zero-order valence-corrected chi connectivity index (χ0v) is 19.2. The maximum Gasteiger partial charge on any atom is 0.394 e. The number of benzene rings is 2. The third-order valence-corrected chi connectivity index (χ3v) is 5.44. The standard InChI is InChI=1S/C23H17ClF2N4O3S/c1-23(25,26)33-19-5-3-2-4-17(19)16-10-11-27-12-18(16)20(31)28-21-29-30-22(34-21)32-13-14-6-8-15(24)9-7-14/h2-12H,13H2,1H3,(H,28,29,31). The van der Waals surface area contributed by atoms with Crippen molar-refractivity contribution in [2.24, 2.45) is 0 Å². The van der Waals surface area contributed by atoms with Gasteiger partial charge >= 0.3 is 6.11 Å². The second kappa shape index (κ2) is 10.1. The molecular weight excluding hydrogens is 486 g/mol. The minimum Gasteiger partial charge on any atom is -0.464 e. The molecule has 2 aromatic carbocycles. The Labute approximate surface area is 202 Å². The van der Waals surface area contributed by atoms with Crippen molar-refractivity contribution in [3.8, 4) is 22.1 Å². The average molecular weight is 503 g/mol. The largest absolute Gasteiger partial charge is 0.464 e. The Hall–Kier alpha value is -3.63. The molecule has 2 aromatic heterocycles. The lowest BCUT2D eigenvalue weighted by molar-refractivity contribution is -0.158. The molecule has 0 aliphatic carbocycles. The summed E-state index contributed by atoms with van der Waals surface area (Å²) in [5.41, 5.74) is 1.73. The number of hydrogen-bond donors (Lipinski definition) is 1. The predicted molar refractivity (Wildman–Crippen MR) is 125 cm³/mol. The second-order valence-corrected chi connectivity index (χ2v) is 8.45. The fourth-order valence-electron chi connectivity index (χ4n) is 2.99. The van der Waals surface area contributed by atoms with Crippen molar-refractivity contribution in [1.82, 2.24) is 15.2 Å². The highest BCUT2D eigenvalue weighted by atomic mass is 35.5. The van der Waals surface area contributed by atoms with Crippen LogP contribution in [-0.4, -0.2) is 27.2 Å². The number of aromatic nitrogens is 3. The summed E-state index contributed by atoms with van der Waals surface area (Å²) in [5.74, 6) is -0.606. The molecule has 0 aliphatic heterocycles. The van der Waals surface area contributed by atoms with Gasteiger partial charge < -0.3 is 9.47 Å². The van der Waals surface area contributed by atoms with Gasteiger partial charge in [-0.15, -0.1) is 5.10 Å². The fraction of sp³-hybridized carbons (Fsp3) is 0.130. The van der Waals surface area contributed by atoms with Crippen LogP contribution in [0.5, 0.6) is 10.9 Å². The lowest BCUT2D eigenvalue weighted by Crippen LogP contribution is -2.20. The topological polar surface area (TPSA) is 86.2 Å². The van der Waals surface area contributed by atoms with Crippen LogP contribution in [0.1, 0.15) is 22.8 Å². The zero-order valence-electron chi connectivity index (χ0n) is 17.7. The molecule has 0 unspecified atom stereocenters. The first kappa shape index (κ1) is 23.5.